The number of hydrogen-bond acceptors (Lipinski definition) is 1. The minimum absolute atomic E-state index is 0.842. The Morgan fingerprint density at radius 1 is 0.613 bits per heavy atom. The summed E-state index contributed by atoms with van der Waals surface area (Å²) in [6.45, 7) is 0.842. The van der Waals surface area contributed by atoms with Gasteiger partial charge in [-0.25, -0.2) is 0 Å². The van der Waals surface area contributed by atoms with E-state index < -0.39 is 0 Å². The molecule has 0 radical (unpaired) electrons. The van der Waals surface area contributed by atoms with Crippen LogP contribution in [0.2, 0.25) is 0 Å². The number of hydrogen-bond donors (Lipinski definition) is 1. The number of aromatic nitrogens is 1. The Bertz CT molecular complexity index is 1730. The van der Waals surface area contributed by atoms with Crippen LogP contribution < -0.4 is 5.32 Å². The smallest absolute Gasteiger partial charge is 0.0626 e. The van der Waals surface area contributed by atoms with Gasteiger partial charge in [0.05, 0.1) is 11.0 Å². The lowest BCUT2D eigenvalue weighted by Gasteiger charge is -2.15. The highest BCUT2D eigenvalue weighted by atomic mass is 15.0. The molecule has 0 aliphatic carbocycles. The highest BCUT2D eigenvalue weighted by Gasteiger charge is 2.20. The number of allylic oxidation sites excluding steroid dienone is 2. The number of rotatable bonds is 1. The average Bonchev–Trinajstić information content (AvgIpc) is 3.20. The maximum absolute atomic E-state index is 3.29. The SMILES string of the molecule is C1=CC(n2c3ccccc3c3c4c5ccccc5ccc4c4ccccc4c32)=CCN1. The highest BCUT2D eigenvalue weighted by Crippen LogP contribution is 2.44. The maximum atomic E-state index is 3.29. The quantitative estimate of drug-likeness (QED) is 0.291. The molecule has 0 atom stereocenters. The molecule has 0 saturated carbocycles. The molecule has 5 aromatic carbocycles. The van der Waals surface area contributed by atoms with E-state index in [2.05, 4.69) is 113 Å². The van der Waals surface area contributed by atoms with Crippen LogP contribution in [0.5, 0.6) is 0 Å². The fourth-order valence-electron chi connectivity index (χ4n) is 5.32. The summed E-state index contributed by atoms with van der Waals surface area (Å²) in [6.07, 6.45) is 6.50. The van der Waals surface area contributed by atoms with Crippen molar-refractivity contribution in [2.24, 2.45) is 0 Å². The third-order valence-electron chi connectivity index (χ3n) is 6.59. The third-order valence-corrected chi connectivity index (χ3v) is 6.59. The van der Waals surface area contributed by atoms with Crippen LogP contribution in [0.25, 0.3) is 59.8 Å². The lowest BCUT2D eigenvalue weighted by molar-refractivity contribution is 0.963. The summed E-state index contributed by atoms with van der Waals surface area (Å²) in [6, 6.07) is 31.0. The molecule has 2 heterocycles. The van der Waals surface area contributed by atoms with E-state index in [1.165, 1.54) is 59.8 Å². The van der Waals surface area contributed by atoms with Crippen molar-refractivity contribution in [1.82, 2.24) is 9.88 Å². The zero-order valence-corrected chi connectivity index (χ0v) is 17.0. The van der Waals surface area contributed by atoms with Crippen molar-refractivity contribution < 1.29 is 0 Å². The first kappa shape index (κ1) is 16.7. The molecule has 1 aromatic heterocycles. The number of dihydropyridines is 1. The van der Waals surface area contributed by atoms with Gasteiger partial charge in [-0.1, -0.05) is 78.9 Å². The predicted molar refractivity (Wildman–Crippen MR) is 133 cm³/mol. The van der Waals surface area contributed by atoms with E-state index in [-0.39, 0.29) is 0 Å². The molecule has 0 unspecified atom stereocenters. The molecular weight excluding hydrogens is 376 g/mol. The fraction of sp³-hybridized carbons (Fsp3) is 0.0345. The second-order valence-electron chi connectivity index (χ2n) is 8.20. The van der Waals surface area contributed by atoms with Gasteiger partial charge in [-0.3, -0.25) is 0 Å². The summed E-state index contributed by atoms with van der Waals surface area (Å²) >= 11 is 0. The first-order valence-corrected chi connectivity index (χ1v) is 10.8. The minimum Gasteiger partial charge on any atom is -0.387 e. The van der Waals surface area contributed by atoms with Crippen LogP contribution in [0.3, 0.4) is 0 Å². The molecule has 0 bridgehead atoms. The van der Waals surface area contributed by atoms with Crippen LogP contribution in [-0.4, -0.2) is 11.1 Å². The predicted octanol–water partition coefficient (Wildman–Crippen LogP) is 7.21. The maximum Gasteiger partial charge on any atom is 0.0626 e. The van der Waals surface area contributed by atoms with Gasteiger partial charge in [0.1, 0.15) is 0 Å². The van der Waals surface area contributed by atoms with Gasteiger partial charge in [-0.2, -0.15) is 0 Å². The molecule has 0 amide bonds. The second-order valence-corrected chi connectivity index (χ2v) is 8.20. The van der Waals surface area contributed by atoms with Gasteiger partial charge in [0.15, 0.2) is 0 Å². The molecule has 2 heteroatoms. The second kappa shape index (κ2) is 6.23. The van der Waals surface area contributed by atoms with Crippen molar-refractivity contribution in [3.05, 3.63) is 103 Å². The van der Waals surface area contributed by atoms with Gasteiger partial charge in [0, 0.05) is 33.8 Å². The van der Waals surface area contributed by atoms with Crippen molar-refractivity contribution in [2.75, 3.05) is 6.54 Å². The first-order valence-electron chi connectivity index (χ1n) is 10.8. The van der Waals surface area contributed by atoms with Gasteiger partial charge in [0.2, 0.25) is 0 Å². The monoisotopic (exact) mass is 396 g/mol. The van der Waals surface area contributed by atoms with Crippen LogP contribution in [-0.2, 0) is 0 Å². The van der Waals surface area contributed by atoms with E-state index >= 15 is 0 Å². The average molecular weight is 396 g/mol. The van der Waals surface area contributed by atoms with Crippen LogP contribution in [0.1, 0.15) is 0 Å². The van der Waals surface area contributed by atoms with Crippen LogP contribution in [0.15, 0.2) is 103 Å². The summed E-state index contributed by atoms with van der Waals surface area (Å²) in [7, 11) is 0. The molecule has 0 spiro atoms. The Kier molecular flexibility index (Phi) is 3.36. The van der Waals surface area contributed by atoms with Gasteiger partial charge in [-0.05, 0) is 46.0 Å². The van der Waals surface area contributed by atoms with Crippen LogP contribution in [0.4, 0.5) is 0 Å². The molecular formula is C29H20N2. The molecule has 0 saturated heterocycles. The molecule has 0 fully saturated rings. The first-order chi connectivity index (χ1) is 15.4. The van der Waals surface area contributed by atoms with Gasteiger partial charge in [0.25, 0.3) is 0 Å². The van der Waals surface area contributed by atoms with E-state index in [0.717, 1.165) is 6.54 Å². The molecule has 7 rings (SSSR count). The molecule has 6 aromatic rings. The van der Waals surface area contributed by atoms with Crippen LogP contribution in [0, 0.1) is 0 Å². The summed E-state index contributed by atoms with van der Waals surface area (Å²) in [4.78, 5) is 0. The Labute approximate surface area is 179 Å². The fourth-order valence-corrected chi connectivity index (χ4v) is 5.32. The Morgan fingerprint density at radius 3 is 2.19 bits per heavy atom. The zero-order chi connectivity index (χ0) is 20.4. The van der Waals surface area contributed by atoms with Gasteiger partial charge < -0.3 is 9.88 Å². The van der Waals surface area contributed by atoms with Gasteiger partial charge >= 0.3 is 0 Å². The van der Waals surface area contributed by atoms with E-state index in [0.29, 0.717) is 0 Å². The number of benzene rings is 5. The topological polar surface area (TPSA) is 17.0 Å². The number of fused-ring (bicyclic) bond motifs is 10. The van der Waals surface area contributed by atoms with Crippen LogP contribution >= 0.6 is 0 Å². The van der Waals surface area contributed by atoms with E-state index in [4.69, 9.17) is 0 Å². The van der Waals surface area contributed by atoms with Gasteiger partial charge in [-0.15, -0.1) is 0 Å². The highest BCUT2D eigenvalue weighted by molar-refractivity contribution is 6.37. The summed E-state index contributed by atoms with van der Waals surface area (Å²) in [5, 5.41) is 13.8. The van der Waals surface area contributed by atoms with Crippen molar-refractivity contribution in [2.45, 2.75) is 0 Å². The number of nitrogens with zero attached hydrogens (tertiary/aromatic N) is 1. The minimum atomic E-state index is 0.842. The van der Waals surface area contributed by atoms with E-state index in [1.807, 2.05) is 0 Å². The lowest BCUT2D eigenvalue weighted by atomic mass is 9.93. The molecule has 31 heavy (non-hydrogen) atoms. The number of para-hydroxylation sites is 1. The summed E-state index contributed by atoms with van der Waals surface area (Å²) in [5.41, 5.74) is 3.76. The third kappa shape index (κ3) is 2.22. The molecule has 1 N–H and O–H groups in total. The lowest BCUT2D eigenvalue weighted by Crippen LogP contribution is -2.10. The Hall–Kier alpha value is -4.04. The van der Waals surface area contributed by atoms with Crippen molar-refractivity contribution in [1.29, 1.82) is 0 Å². The molecule has 1 aliphatic heterocycles. The molecule has 146 valence electrons. The van der Waals surface area contributed by atoms with E-state index in [1.54, 1.807) is 0 Å². The van der Waals surface area contributed by atoms with Crippen molar-refractivity contribution in [3.63, 3.8) is 0 Å². The normalized spacial score (nSPS) is 14.0. The van der Waals surface area contributed by atoms with Crippen molar-refractivity contribution in [3.8, 4) is 0 Å². The summed E-state index contributed by atoms with van der Waals surface area (Å²) in [5.74, 6) is 0. The molecule has 1 aliphatic rings. The van der Waals surface area contributed by atoms with E-state index in [9.17, 15) is 0 Å². The molecule has 2 nitrogen and oxygen atoms in total. The largest absolute Gasteiger partial charge is 0.387 e. The number of nitrogens with one attached hydrogen (secondary N) is 1. The van der Waals surface area contributed by atoms with Crippen molar-refractivity contribution >= 4 is 59.8 Å². The summed E-state index contributed by atoms with van der Waals surface area (Å²) < 4.78 is 2.45. The standard InChI is InChI=1S/C29H20N2/c1-2-8-21-19(7-1)13-14-23-22-9-3-4-10-24(22)29-28(27(21)23)25-11-5-6-12-26(25)31(29)20-15-17-30-18-16-20/h1-17,30H,18H2. The Balaban J connectivity index is 1.87. The zero-order valence-electron chi connectivity index (χ0n) is 17.0. The Morgan fingerprint density at radius 2 is 1.35 bits per heavy atom.